The van der Waals surface area contributed by atoms with Crippen LogP contribution in [0, 0.1) is 17.8 Å². The van der Waals surface area contributed by atoms with Crippen LogP contribution in [0.5, 0.6) is 0 Å². The van der Waals surface area contributed by atoms with Crippen LogP contribution >= 0.6 is 0 Å². The minimum atomic E-state index is -0.275. The van der Waals surface area contributed by atoms with Crippen LogP contribution in [-0.2, 0) is 4.74 Å². The Morgan fingerprint density at radius 2 is 1.89 bits per heavy atom. The smallest absolute Gasteiger partial charge is 0.269 e. The van der Waals surface area contributed by atoms with E-state index in [1.54, 1.807) is 13.1 Å². The number of amides is 1. The first-order chi connectivity index (χ1) is 13.1. The van der Waals surface area contributed by atoms with Gasteiger partial charge >= 0.3 is 0 Å². The maximum Gasteiger partial charge on any atom is 0.269 e. The zero-order chi connectivity index (χ0) is 19.0. The molecule has 2 heterocycles. The molecule has 2 fully saturated rings. The molecule has 5 heteroatoms. The van der Waals surface area contributed by atoms with Crippen molar-refractivity contribution in [1.29, 1.82) is 0 Å². The topological polar surface area (TPSA) is 68.3 Å². The minimum Gasteiger partial charge on any atom is -0.381 e. The van der Waals surface area contributed by atoms with E-state index in [1.807, 2.05) is 43.3 Å². The monoisotopic (exact) mass is 364 g/mol. The summed E-state index contributed by atoms with van der Waals surface area (Å²) in [5.74, 6) is 1.31. The molecular formula is C22H24N2O3. The predicted molar refractivity (Wildman–Crippen MR) is 102 cm³/mol. The highest BCUT2D eigenvalue weighted by Gasteiger charge is 2.54. The van der Waals surface area contributed by atoms with Crippen molar-refractivity contribution in [3.8, 4) is 0 Å². The van der Waals surface area contributed by atoms with Crippen LogP contribution in [0.15, 0.2) is 42.5 Å². The summed E-state index contributed by atoms with van der Waals surface area (Å²) in [5, 5.41) is 2.61. The van der Waals surface area contributed by atoms with E-state index in [0.717, 1.165) is 24.5 Å². The molecule has 1 aliphatic heterocycles. The molecule has 1 aliphatic carbocycles. The molecule has 0 spiro atoms. The van der Waals surface area contributed by atoms with E-state index in [4.69, 9.17) is 4.74 Å². The van der Waals surface area contributed by atoms with Crippen molar-refractivity contribution in [2.75, 3.05) is 20.3 Å². The van der Waals surface area contributed by atoms with Gasteiger partial charge in [0.2, 0.25) is 0 Å². The first kappa shape index (κ1) is 17.9. The Kier molecular flexibility index (Phi) is 4.79. The molecule has 0 radical (unpaired) electrons. The van der Waals surface area contributed by atoms with Gasteiger partial charge in [0.05, 0.1) is 13.2 Å². The number of ketones is 1. The molecule has 4 atom stereocenters. The summed E-state index contributed by atoms with van der Waals surface area (Å²) in [7, 11) is 1.57. The van der Waals surface area contributed by atoms with E-state index in [-0.39, 0.29) is 17.6 Å². The Labute approximate surface area is 159 Å². The van der Waals surface area contributed by atoms with Gasteiger partial charge in [-0.2, -0.15) is 0 Å². The first-order valence-electron chi connectivity index (χ1n) is 9.48. The van der Waals surface area contributed by atoms with Gasteiger partial charge in [0.1, 0.15) is 5.69 Å². The summed E-state index contributed by atoms with van der Waals surface area (Å²) < 4.78 is 5.41. The zero-order valence-electron chi connectivity index (χ0n) is 15.6. The second kappa shape index (κ2) is 7.24. The van der Waals surface area contributed by atoms with Crippen LogP contribution in [0.1, 0.15) is 51.4 Å². The van der Waals surface area contributed by atoms with E-state index in [2.05, 4.69) is 10.3 Å². The Morgan fingerprint density at radius 1 is 1.19 bits per heavy atom. The van der Waals surface area contributed by atoms with Crippen LogP contribution in [-0.4, -0.2) is 36.9 Å². The fraction of sp³-hybridized carbons (Fsp3) is 0.409. The number of aromatic nitrogens is 1. The van der Waals surface area contributed by atoms with Gasteiger partial charge in [-0.3, -0.25) is 9.59 Å². The van der Waals surface area contributed by atoms with Crippen molar-refractivity contribution < 1.29 is 14.3 Å². The summed E-state index contributed by atoms with van der Waals surface area (Å²) in [6, 6.07) is 13.5. The van der Waals surface area contributed by atoms with Crippen molar-refractivity contribution in [2.45, 2.75) is 19.3 Å². The van der Waals surface area contributed by atoms with E-state index < -0.39 is 0 Å². The molecule has 2 unspecified atom stereocenters. The first-order valence-corrected chi connectivity index (χ1v) is 9.48. The summed E-state index contributed by atoms with van der Waals surface area (Å²) in [6.07, 6.45) is 0.523. The van der Waals surface area contributed by atoms with Gasteiger partial charge in [0, 0.05) is 30.6 Å². The van der Waals surface area contributed by atoms with Crippen molar-refractivity contribution >= 4 is 11.7 Å². The highest BCUT2D eigenvalue weighted by Crippen LogP contribution is 2.52. The SMILES string of the molecule is CNC(=O)c1cc(C(=O)CC2[C@H]3COC[C@@H]23)cc(C(C)c2ccccc2)n1. The van der Waals surface area contributed by atoms with E-state index >= 15 is 0 Å². The Bertz CT molecular complexity index is 855. The number of ether oxygens (including phenoxy) is 1. The van der Waals surface area contributed by atoms with Crippen molar-refractivity contribution in [2.24, 2.45) is 17.8 Å². The lowest BCUT2D eigenvalue weighted by Crippen LogP contribution is -2.21. The molecular weight excluding hydrogens is 340 g/mol. The third kappa shape index (κ3) is 3.52. The Hall–Kier alpha value is -2.53. The number of benzene rings is 1. The largest absolute Gasteiger partial charge is 0.381 e. The molecule has 1 amide bonds. The van der Waals surface area contributed by atoms with Gasteiger partial charge in [-0.15, -0.1) is 0 Å². The van der Waals surface area contributed by atoms with E-state index in [0.29, 0.717) is 35.4 Å². The molecule has 1 saturated carbocycles. The second-order valence-corrected chi connectivity index (χ2v) is 7.53. The molecule has 4 rings (SSSR count). The third-order valence-corrected chi connectivity index (χ3v) is 5.92. The molecule has 0 bridgehead atoms. The number of pyridine rings is 1. The second-order valence-electron chi connectivity index (χ2n) is 7.53. The molecule has 2 aromatic rings. The average molecular weight is 364 g/mol. The maximum atomic E-state index is 12.9. The third-order valence-electron chi connectivity index (χ3n) is 5.92. The maximum absolute atomic E-state index is 12.9. The molecule has 5 nitrogen and oxygen atoms in total. The van der Waals surface area contributed by atoms with Crippen molar-refractivity contribution in [3.05, 3.63) is 65.0 Å². The Morgan fingerprint density at radius 3 is 2.56 bits per heavy atom. The summed E-state index contributed by atoms with van der Waals surface area (Å²) in [6.45, 7) is 3.60. The number of fused-ring (bicyclic) bond motifs is 1. The highest BCUT2D eigenvalue weighted by atomic mass is 16.5. The summed E-state index contributed by atoms with van der Waals surface area (Å²) >= 11 is 0. The normalized spacial score (nSPS) is 24.1. The zero-order valence-corrected chi connectivity index (χ0v) is 15.6. The van der Waals surface area contributed by atoms with Crippen LogP contribution < -0.4 is 5.32 Å². The van der Waals surface area contributed by atoms with Crippen LogP contribution in [0.25, 0.3) is 0 Å². The molecule has 2 aliphatic rings. The number of carbonyl (C=O) groups is 2. The van der Waals surface area contributed by atoms with E-state index in [9.17, 15) is 9.59 Å². The molecule has 1 saturated heterocycles. The number of Topliss-reactive ketones (excluding diaryl/α,β-unsaturated/α-hetero) is 1. The van der Waals surface area contributed by atoms with E-state index in [1.165, 1.54) is 0 Å². The lowest BCUT2D eigenvalue weighted by Gasteiger charge is -2.14. The highest BCUT2D eigenvalue weighted by molar-refractivity contribution is 6.00. The molecule has 1 aromatic carbocycles. The van der Waals surface area contributed by atoms with Gasteiger partial charge in [-0.05, 0) is 35.4 Å². The van der Waals surface area contributed by atoms with Crippen molar-refractivity contribution in [1.82, 2.24) is 10.3 Å². The van der Waals surface area contributed by atoms with Gasteiger partial charge in [-0.25, -0.2) is 4.98 Å². The minimum absolute atomic E-state index is 0.00365. The Balaban J connectivity index is 1.62. The number of rotatable bonds is 6. The number of hydrogen-bond acceptors (Lipinski definition) is 4. The lowest BCUT2D eigenvalue weighted by molar-refractivity contribution is 0.0950. The molecule has 1 aromatic heterocycles. The molecule has 1 N–H and O–H groups in total. The fourth-order valence-electron chi connectivity index (χ4n) is 4.09. The summed E-state index contributed by atoms with van der Waals surface area (Å²) in [5.41, 5.74) is 2.71. The standard InChI is InChI=1S/C22H24N2O3/c1-13(14-6-4-3-5-7-14)19-8-15(9-20(24-19)22(26)23-2)21(25)10-16-17-11-27-12-18(16)17/h3-9,13,16-18H,10-12H2,1-2H3,(H,23,26)/t13?,16?,17-,18+. The number of hydrogen-bond donors (Lipinski definition) is 1. The van der Waals surface area contributed by atoms with Gasteiger partial charge in [-0.1, -0.05) is 37.3 Å². The fourth-order valence-corrected chi connectivity index (χ4v) is 4.09. The number of carbonyl (C=O) groups excluding carboxylic acids is 2. The van der Waals surface area contributed by atoms with Crippen LogP contribution in [0.2, 0.25) is 0 Å². The quantitative estimate of drug-likeness (QED) is 0.800. The van der Waals surface area contributed by atoms with Crippen molar-refractivity contribution in [3.63, 3.8) is 0 Å². The molecule has 27 heavy (non-hydrogen) atoms. The predicted octanol–water partition coefficient (Wildman–Crippen LogP) is 3.06. The molecule has 140 valence electrons. The number of nitrogens with one attached hydrogen (secondary N) is 1. The van der Waals surface area contributed by atoms with Crippen LogP contribution in [0.4, 0.5) is 0 Å². The van der Waals surface area contributed by atoms with Gasteiger partial charge < -0.3 is 10.1 Å². The van der Waals surface area contributed by atoms with Gasteiger partial charge in [0.25, 0.3) is 5.91 Å². The lowest BCUT2D eigenvalue weighted by atomic mass is 9.94. The number of nitrogens with zero attached hydrogens (tertiary/aromatic N) is 1. The average Bonchev–Trinajstić information content (AvgIpc) is 3.13. The van der Waals surface area contributed by atoms with Gasteiger partial charge in [0.15, 0.2) is 5.78 Å². The summed E-state index contributed by atoms with van der Waals surface area (Å²) in [4.78, 5) is 29.6. The van der Waals surface area contributed by atoms with Crippen LogP contribution in [0.3, 0.4) is 0 Å².